The van der Waals surface area contributed by atoms with E-state index >= 15 is 0 Å². The maximum absolute atomic E-state index is 13.2. The largest absolute Gasteiger partial charge is 0.478 e. The van der Waals surface area contributed by atoms with Crippen molar-refractivity contribution in [1.29, 1.82) is 0 Å². The minimum Gasteiger partial charge on any atom is -0.478 e. The Morgan fingerprint density at radius 2 is 2.05 bits per heavy atom. The summed E-state index contributed by atoms with van der Waals surface area (Å²) in [6.07, 6.45) is 0. The molecule has 2 aromatic carbocycles. The summed E-state index contributed by atoms with van der Waals surface area (Å²) in [5.74, 6) is -1.05. The molecule has 1 N–H and O–H groups in total. The molecule has 0 atom stereocenters. The van der Waals surface area contributed by atoms with Gasteiger partial charge in [-0.3, -0.25) is 0 Å². The molecular weight excluding hydrogens is 331 g/mol. The summed E-state index contributed by atoms with van der Waals surface area (Å²) in [5, 5.41) is 9.06. The second-order valence-electron chi connectivity index (χ2n) is 3.85. The lowest BCUT2D eigenvalue weighted by atomic mass is 10.1. The second-order valence-corrected chi connectivity index (χ2v) is 5.82. The molecule has 2 nitrogen and oxygen atoms in total. The first-order chi connectivity index (χ1) is 9.06. The van der Waals surface area contributed by atoms with Crippen LogP contribution in [0.3, 0.4) is 0 Å². The molecule has 2 aromatic rings. The number of thioether (sulfide) groups is 1. The van der Waals surface area contributed by atoms with E-state index in [0.29, 0.717) is 11.3 Å². The van der Waals surface area contributed by atoms with Crippen molar-refractivity contribution in [3.63, 3.8) is 0 Å². The molecule has 98 valence electrons. The molecule has 0 fully saturated rings. The van der Waals surface area contributed by atoms with Crippen LogP contribution in [-0.2, 0) is 5.75 Å². The van der Waals surface area contributed by atoms with E-state index in [1.807, 2.05) is 24.3 Å². The normalized spacial score (nSPS) is 10.4. The number of carbonyl (C=O) groups is 1. The molecule has 0 saturated carbocycles. The number of halogens is 2. The van der Waals surface area contributed by atoms with Crippen molar-refractivity contribution in [1.82, 2.24) is 0 Å². The lowest BCUT2D eigenvalue weighted by Crippen LogP contribution is -2.02. The molecule has 0 unspecified atom stereocenters. The first-order valence-corrected chi connectivity index (χ1v) is 7.24. The molecule has 2 rings (SSSR count). The highest BCUT2D eigenvalue weighted by Crippen LogP contribution is 2.27. The van der Waals surface area contributed by atoms with Gasteiger partial charge >= 0.3 is 5.97 Å². The van der Waals surface area contributed by atoms with Crippen LogP contribution in [0, 0.1) is 5.82 Å². The van der Waals surface area contributed by atoms with Crippen molar-refractivity contribution in [3.8, 4) is 0 Å². The van der Waals surface area contributed by atoms with E-state index in [0.717, 1.165) is 15.4 Å². The molecule has 19 heavy (non-hydrogen) atoms. The molecule has 5 heteroatoms. The molecule has 0 amide bonds. The van der Waals surface area contributed by atoms with Crippen LogP contribution in [-0.4, -0.2) is 11.1 Å². The highest BCUT2D eigenvalue weighted by atomic mass is 79.9. The summed E-state index contributed by atoms with van der Waals surface area (Å²) >= 11 is 4.84. The van der Waals surface area contributed by atoms with Gasteiger partial charge in [-0.15, -0.1) is 11.8 Å². The van der Waals surface area contributed by atoms with E-state index in [-0.39, 0.29) is 5.56 Å². The first-order valence-electron chi connectivity index (χ1n) is 5.46. The molecule has 0 bridgehead atoms. The molecule has 0 aliphatic carbocycles. The lowest BCUT2D eigenvalue weighted by Gasteiger charge is -2.06. The van der Waals surface area contributed by atoms with Crippen LogP contribution in [0.5, 0.6) is 0 Å². The van der Waals surface area contributed by atoms with Gasteiger partial charge in [-0.2, -0.15) is 0 Å². The Morgan fingerprint density at radius 1 is 1.26 bits per heavy atom. The number of hydrogen-bond donors (Lipinski definition) is 1. The van der Waals surface area contributed by atoms with Gasteiger partial charge < -0.3 is 5.11 Å². The van der Waals surface area contributed by atoms with Gasteiger partial charge in [-0.05, 0) is 42.0 Å². The molecule has 0 spiro atoms. The van der Waals surface area contributed by atoms with Crippen LogP contribution in [0.25, 0.3) is 0 Å². The molecule has 0 heterocycles. The van der Waals surface area contributed by atoms with Crippen LogP contribution in [0.4, 0.5) is 4.39 Å². The Hall–Kier alpha value is -1.33. The van der Waals surface area contributed by atoms with Crippen molar-refractivity contribution < 1.29 is 14.3 Å². The topological polar surface area (TPSA) is 37.3 Å². The summed E-state index contributed by atoms with van der Waals surface area (Å²) in [7, 11) is 0. The smallest absolute Gasteiger partial charge is 0.335 e. The predicted octanol–water partition coefficient (Wildman–Crippen LogP) is 4.58. The Kier molecular flexibility index (Phi) is 4.61. The fraction of sp³-hybridized carbons (Fsp3) is 0.0714. The zero-order valence-electron chi connectivity index (χ0n) is 9.77. The Balaban J connectivity index is 2.19. The van der Waals surface area contributed by atoms with Crippen molar-refractivity contribution >= 4 is 33.7 Å². The maximum Gasteiger partial charge on any atom is 0.335 e. The summed E-state index contributed by atoms with van der Waals surface area (Å²) in [5.41, 5.74) is 0.626. The number of hydrogen-bond acceptors (Lipinski definition) is 2. The number of benzene rings is 2. The van der Waals surface area contributed by atoms with Gasteiger partial charge in [-0.25, -0.2) is 9.18 Å². The number of carboxylic acids is 1. The van der Waals surface area contributed by atoms with Crippen LogP contribution >= 0.6 is 27.7 Å². The van der Waals surface area contributed by atoms with Gasteiger partial charge in [0.25, 0.3) is 0 Å². The number of carboxylic acid groups (broad SMARTS) is 1. The average molecular weight is 341 g/mol. The third-order valence-corrected chi connectivity index (χ3v) is 4.02. The highest BCUT2D eigenvalue weighted by molar-refractivity contribution is 9.10. The van der Waals surface area contributed by atoms with Crippen LogP contribution < -0.4 is 0 Å². The van der Waals surface area contributed by atoms with E-state index in [1.54, 1.807) is 0 Å². The number of aromatic carboxylic acids is 1. The van der Waals surface area contributed by atoms with Crippen molar-refractivity contribution in [3.05, 3.63) is 63.9 Å². The van der Waals surface area contributed by atoms with Crippen molar-refractivity contribution in [2.75, 3.05) is 0 Å². The van der Waals surface area contributed by atoms with Gasteiger partial charge in [0.15, 0.2) is 0 Å². The van der Waals surface area contributed by atoms with Crippen LogP contribution in [0.15, 0.2) is 51.8 Å². The SMILES string of the molecule is O=C(O)c1ccc(F)cc1CSc1cccc(Br)c1. The van der Waals surface area contributed by atoms with Gasteiger partial charge in [0, 0.05) is 15.1 Å². The van der Waals surface area contributed by atoms with E-state index in [9.17, 15) is 9.18 Å². The zero-order valence-corrected chi connectivity index (χ0v) is 12.2. The van der Waals surface area contributed by atoms with Crippen LogP contribution in [0.2, 0.25) is 0 Å². The highest BCUT2D eigenvalue weighted by Gasteiger charge is 2.11. The molecule has 0 aromatic heterocycles. The van der Waals surface area contributed by atoms with E-state index in [1.165, 1.54) is 23.9 Å². The maximum atomic E-state index is 13.2. The summed E-state index contributed by atoms with van der Waals surface area (Å²) in [6.45, 7) is 0. The number of rotatable bonds is 4. The fourth-order valence-electron chi connectivity index (χ4n) is 1.61. The quantitative estimate of drug-likeness (QED) is 0.827. The van der Waals surface area contributed by atoms with Crippen molar-refractivity contribution in [2.24, 2.45) is 0 Å². The average Bonchev–Trinajstić information content (AvgIpc) is 2.36. The second kappa shape index (κ2) is 6.21. The third-order valence-electron chi connectivity index (χ3n) is 2.49. The summed E-state index contributed by atoms with van der Waals surface area (Å²) < 4.78 is 14.1. The predicted molar refractivity (Wildman–Crippen MR) is 77.1 cm³/mol. The Morgan fingerprint density at radius 3 is 2.74 bits per heavy atom. The van der Waals surface area contributed by atoms with Crippen molar-refractivity contribution in [2.45, 2.75) is 10.6 Å². The summed E-state index contributed by atoms with van der Waals surface area (Å²) in [6, 6.07) is 11.4. The van der Waals surface area contributed by atoms with E-state index in [2.05, 4.69) is 15.9 Å². The zero-order chi connectivity index (χ0) is 13.8. The fourth-order valence-corrected chi connectivity index (χ4v) is 3.11. The molecule has 0 aliphatic rings. The Labute approximate surface area is 122 Å². The molecule has 0 aliphatic heterocycles. The lowest BCUT2D eigenvalue weighted by molar-refractivity contribution is 0.0696. The Bertz CT molecular complexity index is 616. The van der Waals surface area contributed by atoms with E-state index in [4.69, 9.17) is 5.11 Å². The standard InChI is InChI=1S/C14H10BrFO2S/c15-10-2-1-3-12(7-10)19-8-9-6-11(16)4-5-13(9)14(17)18/h1-7H,8H2,(H,17,18). The summed E-state index contributed by atoms with van der Waals surface area (Å²) in [4.78, 5) is 12.1. The first kappa shape index (κ1) is 14.1. The van der Waals surface area contributed by atoms with Gasteiger partial charge in [0.05, 0.1) is 5.56 Å². The van der Waals surface area contributed by atoms with E-state index < -0.39 is 11.8 Å². The monoisotopic (exact) mass is 340 g/mol. The minimum absolute atomic E-state index is 0.142. The molecule has 0 saturated heterocycles. The minimum atomic E-state index is -1.04. The van der Waals surface area contributed by atoms with Crippen LogP contribution in [0.1, 0.15) is 15.9 Å². The third kappa shape index (κ3) is 3.81. The van der Waals surface area contributed by atoms with Gasteiger partial charge in [0.2, 0.25) is 0 Å². The van der Waals surface area contributed by atoms with Gasteiger partial charge in [0.1, 0.15) is 5.82 Å². The molecular formula is C14H10BrFO2S. The van der Waals surface area contributed by atoms with Gasteiger partial charge in [-0.1, -0.05) is 22.0 Å². The molecule has 0 radical (unpaired) electrons.